The number of aromatic nitrogens is 3. The molecule has 0 aliphatic carbocycles. The summed E-state index contributed by atoms with van der Waals surface area (Å²) in [4.78, 5) is 8.43. The van der Waals surface area contributed by atoms with Crippen molar-refractivity contribution in [1.82, 2.24) is 20.4 Å². The van der Waals surface area contributed by atoms with Gasteiger partial charge >= 0.3 is 0 Å². The molecule has 0 saturated heterocycles. The summed E-state index contributed by atoms with van der Waals surface area (Å²) >= 11 is 0. The van der Waals surface area contributed by atoms with Crippen LogP contribution in [0.2, 0.25) is 0 Å². The largest absolute Gasteiger partial charge is 0.340 e. The molecule has 15 heavy (non-hydrogen) atoms. The molecule has 0 unspecified atom stereocenters. The normalized spacial score (nSPS) is 12.7. The third-order valence-corrected chi connectivity index (χ3v) is 2.07. The van der Waals surface area contributed by atoms with Crippen LogP contribution in [0.3, 0.4) is 0 Å². The van der Waals surface area contributed by atoms with Crippen LogP contribution in [0, 0.1) is 6.92 Å². The summed E-state index contributed by atoms with van der Waals surface area (Å²) < 4.78 is 4.94. The van der Waals surface area contributed by atoms with Crippen molar-refractivity contribution in [3.05, 3.63) is 41.8 Å². The molecule has 0 bridgehead atoms. The predicted octanol–water partition coefficient (Wildman–Crippen LogP) is 1.08. The van der Waals surface area contributed by atoms with Gasteiger partial charge in [-0.05, 0) is 19.2 Å². The van der Waals surface area contributed by atoms with Crippen molar-refractivity contribution < 1.29 is 4.52 Å². The standard InChI is InChI=1S/C10H12N4O/c1-7-13-10(14-15-7)9(11-2)8-5-3-4-6-12-8/h3-6,9,11H,1-2H3/t9-/m0/s1. The van der Waals surface area contributed by atoms with Gasteiger partial charge in [-0.15, -0.1) is 0 Å². The molecule has 0 aliphatic rings. The highest BCUT2D eigenvalue weighted by atomic mass is 16.5. The minimum absolute atomic E-state index is 0.122. The molecule has 2 aromatic heterocycles. The maximum atomic E-state index is 4.94. The molecular formula is C10H12N4O. The molecule has 0 spiro atoms. The van der Waals surface area contributed by atoms with Crippen molar-refractivity contribution >= 4 is 0 Å². The van der Waals surface area contributed by atoms with E-state index in [4.69, 9.17) is 4.52 Å². The van der Waals surface area contributed by atoms with Gasteiger partial charge in [0.05, 0.1) is 5.69 Å². The van der Waals surface area contributed by atoms with E-state index < -0.39 is 0 Å². The van der Waals surface area contributed by atoms with E-state index in [1.165, 1.54) is 0 Å². The van der Waals surface area contributed by atoms with Crippen molar-refractivity contribution in [2.45, 2.75) is 13.0 Å². The Morgan fingerprint density at radius 3 is 2.80 bits per heavy atom. The fraction of sp³-hybridized carbons (Fsp3) is 0.300. The lowest BCUT2D eigenvalue weighted by Crippen LogP contribution is -2.20. The molecular weight excluding hydrogens is 192 g/mol. The van der Waals surface area contributed by atoms with E-state index in [2.05, 4.69) is 20.4 Å². The van der Waals surface area contributed by atoms with Gasteiger partial charge in [0.2, 0.25) is 5.89 Å². The first kappa shape index (κ1) is 9.79. The topological polar surface area (TPSA) is 63.8 Å². The van der Waals surface area contributed by atoms with Gasteiger partial charge in [-0.2, -0.15) is 4.98 Å². The molecule has 0 aliphatic heterocycles. The lowest BCUT2D eigenvalue weighted by atomic mass is 10.2. The van der Waals surface area contributed by atoms with Crippen molar-refractivity contribution in [2.75, 3.05) is 7.05 Å². The van der Waals surface area contributed by atoms with Crippen LogP contribution in [0.5, 0.6) is 0 Å². The highest BCUT2D eigenvalue weighted by Gasteiger charge is 2.18. The molecule has 2 heterocycles. The van der Waals surface area contributed by atoms with Gasteiger partial charge < -0.3 is 9.84 Å². The van der Waals surface area contributed by atoms with E-state index in [9.17, 15) is 0 Å². The Balaban J connectivity index is 2.33. The number of nitrogens with zero attached hydrogens (tertiary/aromatic N) is 3. The third-order valence-electron chi connectivity index (χ3n) is 2.07. The minimum Gasteiger partial charge on any atom is -0.340 e. The van der Waals surface area contributed by atoms with Crippen LogP contribution in [-0.2, 0) is 0 Å². The molecule has 0 fully saturated rings. The second kappa shape index (κ2) is 4.18. The summed E-state index contributed by atoms with van der Waals surface area (Å²) in [5, 5.41) is 6.98. The van der Waals surface area contributed by atoms with Gasteiger partial charge in [-0.25, -0.2) is 0 Å². The van der Waals surface area contributed by atoms with Gasteiger partial charge in [0.1, 0.15) is 6.04 Å². The quantitative estimate of drug-likeness (QED) is 0.810. The van der Waals surface area contributed by atoms with Gasteiger partial charge in [0.15, 0.2) is 5.82 Å². The van der Waals surface area contributed by atoms with Crippen molar-refractivity contribution in [2.24, 2.45) is 0 Å². The molecule has 78 valence electrons. The summed E-state index contributed by atoms with van der Waals surface area (Å²) in [6.45, 7) is 1.77. The van der Waals surface area contributed by atoms with E-state index >= 15 is 0 Å². The van der Waals surface area contributed by atoms with Crippen LogP contribution >= 0.6 is 0 Å². The second-order valence-electron chi connectivity index (χ2n) is 3.15. The van der Waals surface area contributed by atoms with Crippen LogP contribution in [0.25, 0.3) is 0 Å². The summed E-state index contributed by atoms with van der Waals surface area (Å²) in [6, 6.07) is 5.60. The molecule has 5 heteroatoms. The van der Waals surface area contributed by atoms with Crippen LogP contribution in [-0.4, -0.2) is 22.2 Å². The van der Waals surface area contributed by atoms with Crippen LogP contribution in [0.15, 0.2) is 28.9 Å². The summed E-state index contributed by atoms with van der Waals surface area (Å²) in [6.07, 6.45) is 1.74. The molecule has 5 nitrogen and oxygen atoms in total. The number of aryl methyl sites for hydroxylation is 1. The molecule has 2 aromatic rings. The lowest BCUT2D eigenvalue weighted by molar-refractivity contribution is 0.382. The Bertz CT molecular complexity index is 426. The van der Waals surface area contributed by atoms with Crippen molar-refractivity contribution in [3.8, 4) is 0 Å². The van der Waals surface area contributed by atoms with E-state index in [1.54, 1.807) is 13.1 Å². The molecule has 0 saturated carbocycles. The van der Waals surface area contributed by atoms with E-state index in [1.807, 2.05) is 25.2 Å². The van der Waals surface area contributed by atoms with Gasteiger partial charge in [0, 0.05) is 13.1 Å². The zero-order valence-corrected chi connectivity index (χ0v) is 8.64. The Labute approximate surface area is 87.5 Å². The van der Waals surface area contributed by atoms with Crippen LogP contribution < -0.4 is 5.32 Å². The minimum atomic E-state index is -0.122. The zero-order chi connectivity index (χ0) is 10.7. The zero-order valence-electron chi connectivity index (χ0n) is 8.64. The van der Waals surface area contributed by atoms with E-state index in [0.29, 0.717) is 11.7 Å². The SMILES string of the molecule is CN[C@@H](c1ccccn1)c1noc(C)n1. The van der Waals surface area contributed by atoms with Crippen molar-refractivity contribution in [1.29, 1.82) is 0 Å². The van der Waals surface area contributed by atoms with E-state index in [-0.39, 0.29) is 6.04 Å². The third kappa shape index (κ3) is 2.02. The van der Waals surface area contributed by atoms with Gasteiger partial charge in [-0.3, -0.25) is 4.98 Å². The van der Waals surface area contributed by atoms with E-state index in [0.717, 1.165) is 5.69 Å². The Morgan fingerprint density at radius 2 is 2.27 bits per heavy atom. The van der Waals surface area contributed by atoms with Crippen molar-refractivity contribution in [3.63, 3.8) is 0 Å². The maximum Gasteiger partial charge on any atom is 0.223 e. The Hall–Kier alpha value is -1.75. The van der Waals surface area contributed by atoms with Crippen LogP contribution in [0.4, 0.5) is 0 Å². The number of nitrogens with one attached hydrogen (secondary N) is 1. The fourth-order valence-corrected chi connectivity index (χ4v) is 1.39. The number of pyridine rings is 1. The van der Waals surface area contributed by atoms with Gasteiger partial charge in [-0.1, -0.05) is 11.2 Å². The molecule has 1 N–H and O–H groups in total. The summed E-state index contributed by atoms with van der Waals surface area (Å²) in [5.74, 6) is 1.16. The predicted molar refractivity (Wildman–Crippen MR) is 54.2 cm³/mol. The number of rotatable bonds is 3. The first-order chi connectivity index (χ1) is 7.31. The Morgan fingerprint density at radius 1 is 1.40 bits per heavy atom. The average molecular weight is 204 g/mol. The monoisotopic (exact) mass is 204 g/mol. The Kier molecular flexibility index (Phi) is 2.73. The highest BCUT2D eigenvalue weighted by molar-refractivity contribution is 5.16. The molecule has 2 rings (SSSR count). The molecule has 1 atom stereocenters. The lowest BCUT2D eigenvalue weighted by Gasteiger charge is -2.10. The average Bonchev–Trinajstić information content (AvgIpc) is 2.68. The van der Waals surface area contributed by atoms with Gasteiger partial charge in [0.25, 0.3) is 0 Å². The second-order valence-corrected chi connectivity index (χ2v) is 3.15. The fourth-order valence-electron chi connectivity index (χ4n) is 1.39. The van der Waals surface area contributed by atoms with Crippen LogP contribution in [0.1, 0.15) is 23.5 Å². The smallest absolute Gasteiger partial charge is 0.223 e. The molecule has 0 amide bonds. The highest BCUT2D eigenvalue weighted by Crippen LogP contribution is 2.16. The summed E-state index contributed by atoms with van der Waals surface area (Å²) in [7, 11) is 1.84. The molecule has 0 radical (unpaired) electrons. The number of hydrogen-bond donors (Lipinski definition) is 1. The number of hydrogen-bond acceptors (Lipinski definition) is 5. The first-order valence-corrected chi connectivity index (χ1v) is 4.69. The first-order valence-electron chi connectivity index (χ1n) is 4.69. The maximum absolute atomic E-state index is 4.94. The molecule has 0 aromatic carbocycles. The summed E-state index contributed by atoms with van der Waals surface area (Å²) in [5.41, 5.74) is 0.876.